The lowest BCUT2D eigenvalue weighted by atomic mass is 9.89. The SMILES string of the molecule is CS(=O)(=O)N(CCNC(=O)C1CCCCC1)c1ccccc1. The molecule has 0 heterocycles. The number of hydrogen-bond donors (Lipinski definition) is 1. The van der Waals surface area contributed by atoms with Crippen molar-refractivity contribution in [3.05, 3.63) is 30.3 Å². The Morgan fingerprint density at radius 3 is 2.41 bits per heavy atom. The summed E-state index contributed by atoms with van der Waals surface area (Å²) in [5.41, 5.74) is 0.622. The highest BCUT2D eigenvalue weighted by molar-refractivity contribution is 7.92. The van der Waals surface area contributed by atoms with Crippen molar-refractivity contribution in [3.63, 3.8) is 0 Å². The van der Waals surface area contributed by atoms with E-state index in [1.807, 2.05) is 6.07 Å². The predicted molar refractivity (Wildman–Crippen MR) is 88.2 cm³/mol. The molecule has 0 unspecified atom stereocenters. The number of carbonyl (C=O) groups excluding carboxylic acids is 1. The fraction of sp³-hybridized carbons (Fsp3) is 0.562. The topological polar surface area (TPSA) is 66.5 Å². The molecular weight excluding hydrogens is 300 g/mol. The van der Waals surface area contributed by atoms with Crippen LogP contribution >= 0.6 is 0 Å². The molecule has 1 aliphatic rings. The summed E-state index contributed by atoms with van der Waals surface area (Å²) in [5.74, 6) is 0.151. The molecule has 0 atom stereocenters. The van der Waals surface area contributed by atoms with Crippen LogP contribution in [0.1, 0.15) is 32.1 Å². The standard InChI is InChI=1S/C16H24N2O3S/c1-22(20,21)18(15-10-6-3-7-11-15)13-12-17-16(19)14-8-4-2-5-9-14/h3,6-7,10-11,14H,2,4-5,8-9,12-13H2,1H3,(H,17,19). The van der Waals surface area contributed by atoms with Crippen LogP contribution in [0.3, 0.4) is 0 Å². The van der Waals surface area contributed by atoms with Crippen molar-refractivity contribution >= 4 is 21.6 Å². The van der Waals surface area contributed by atoms with Crippen LogP contribution in [0.2, 0.25) is 0 Å². The number of anilines is 1. The van der Waals surface area contributed by atoms with Crippen molar-refractivity contribution in [2.45, 2.75) is 32.1 Å². The van der Waals surface area contributed by atoms with Gasteiger partial charge in [-0.05, 0) is 25.0 Å². The van der Waals surface area contributed by atoms with Crippen molar-refractivity contribution in [2.24, 2.45) is 5.92 Å². The Bertz CT molecular complexity index is 581. The van der Waals surface area contributed by atoms with E-state index < -0.39 is 10.0 Å². The van der Waals surface area contributed by atoms with Crippen LogP contribution < -0.4 is 9.62 Å². The van der Waals surface area contributed by atoms with Crippen molar-refractivity contribution in [3.8, 4) is 0 Å². The normalized spacial score (nSPS) is 16.2. The van der Waals surface area contributed by atoms with Gasteiger partial charge in [-0.1, -0.05) is 37.5 Å². The van der Waals surface area contributed by atoms with Crippen LogP contribution in [0.15, 0.2) is 30.3 Å². The fourth-order valence-corrected chi connectivity index (χ4v) is 3.80. The van der Waals surface area contributed by atoms with E-state index in [-0.39, 0.29) is 18.4 Å². The van der Waals surface area contributed by atoms with Crippen LogP contribution in [0.4, 0.5) is 5.69 Å². The molecule has 5 nitrogen and oxygen atoms in total. The van der Waals surface area contributed by atoms with E-state index in [4.69, 9.17) is 0 Å². The third-order valence-electron chi connectivity index (χ3n) is 4.03. The van der Waals surface area contributed by atoms with Crippen LogP contribution in [0.5, 0.6) is 0 Å². The maximum Gasteiger partial charge on any atom is 0.232 e. The zero-order chi connectivity index (χ0) is 16.0. The monoisotopic (exact) mass is 324 g/mol. The Hall–Kier alpha value is -1.56. The number of hydrogen-bond acceptors (Lipinski definition) is 3. The molecule has 1 amide bonds. The summed E-state index contributed by atoms with van der Waals surface area (Å²) in [6.07, 6.45) is 6.50. The summed E-state index contributed by atoms with van der Waals surface area (Å²) in [6, 6.07) is 8.95. The summed E-state index contributed by atoms with van der Waals surface area (Å²) < 4.78 is 25.2. The van der Waals surface area contributed by atoms with Gasteiger partial charge in [0.1, 0.15) is 0 Å². The average Bonchev–Trinajstić information content (AvgIpc) is 2.52. The molecular formula is C16H24N2O3S. The maximum absolute atomic E-state index is 12.1. The van der Waals surface area contributed by atoms with Crippen LogP contribution in [-0.4, -0.2) is 33.7 Å². The third-order valence-corrected chi connectivity index (χ3v) is 5.23. The second kappa shape index (κ2) is 7.63. The molecule has 0 spiro atoms. The molecule has 122 valence electrons. The van der Waals surface area contributed by atoms with Crippen molar-refractivity contribution in [2.75, 3.05) is 23.7 Å². The van der Waals surface area contributed by atoms with Crippen LogP contribution in [0.25, 0.3) is 0 Å². The first-order valence-electron chi connectivity index (χ1n) is 7.79. The zero-order valence-electron chi connectivity index (χ0n) is 13.0. The fourth-order valence-electron chi connectivity index (χ4n) is 2.87. The van der Waals surface area contributed by atoms with E-state index in [1.54, 1.807) is 24.3 Å². The average molecular weight is 324 g/mol. The molecule has 22 heavy (non-hydrogen) atoms. The van der Waals surface area contributed by atoms with Crippen LogP contribution in [0, 0.1) is 5.92 Å². The number of rotatable bonds is 6. The van der Waals surface area contributed by atoms with Gasteiger partial charge in [0.05, 0.1) is 18.5 Å². The molecule has 6 heteroatoms. The first kappa shape index (κ1) is 16.8. The molecule has 0 radical (unpaired) electrons. The maximum atomic E-state index is 12.1. The number of sulfonamides is 1. The van der Waals surface area contributed by atoms with Crippen molar-refractivity contribution in [1.29, 1.82) is 0 Å². The molecule has 0 aliphatic heterocycles. The van der Waals surface area contributed by atoms with Crippen molar-refractivity contribution in [1.82, 2.24) is 5.32 Å². The lowest BCUT2D eigenvalue weighted by Crippen LogP contribution is -2.40. The molecule has 0 saturated heterocycles. The van der Waals surface area contributed by atoms with E-state index in [0.717, 1.165) is 25.7 Å². The molecule has 1 aromatic rings. The number of amides is 1. The van der Waals surface area contributed by atoms with Crippen LogP contribution in [-0.2, 0) is 14.8 Å². The summed E-state index contributed by atoms with van der Waals surface area (Å²) in [4.78, 5) is 12.1. The zero-order valence-corrected chi connectivity index (χ0v) is 13.8. The van der Waals surface area contributed by atoms with Gasteiger partial charge in [0.15, 0.2) is 0 Å². The smallest absolute Gasteiger partial charge is 0.232 e. The molecule has 0 aromatic heterocycles. The highest BCUT2D eigenvalue weighted by atomic mass is 32.2. The summed E-state index contributed by atoms with van der Waals surface area (Å²) in [6.45, 7) is 0.582. The van der Waals surface area contributed by atoms with Gasteiger partial charge in [-0.25, -0.2) is 8.42 Å². The minimum Gasteiger partial charge on any atom is -0.354 e. The van der Waals surface area contributed by atoms with Gasteiger partial charge in [0.2, 0.25) is 15.9 Å². The molecule has 1 N–H and O–H groups in total. The van der Waals surface area contributed by atoms with Gasteiger partial charge >= 0.3 is 0 Å². The number of carbonyl (C=O) groups is 1. The Labute approximate surface area is 132 Å². The number of para-hydroxylation sites is 1. The molecule has 1 fully saturated rings. The van der Waals surface area contributed by atoms with Gasteiger partial charge in [0, 0.05) is 12.5 Å². The number of nitrogens with zero attached hydrogens (tertiary/aromatic N) is 1. The molecule has 2 rings (SSSR count). The molecule has 1 aromatic carbocycles. The van der Waals surface area contributed by atoms with E-state index >= 15 is 0 Å². The second-order valence-electron chi connectivity index (χ2n) is 5.80. The Morgan fingerprint density at radius 1 is 1.18 bits per heavy atom. The van der Waals surface area contributed by atoms with Crippen molar-refractivity contribution < 1.29 is 13.2 Å². The van der Waals surface area contributed by atoms with E-state index in [2.05, 4.69) is 5.32 Å². The van der Waals surface area contributed by atoms with E-state index in [9.17, 15) is 13.2 Å². The quantitative estimate of drug-likeness (QED) is 0.872. The molecule has 1 saturated carbocycles. The highest BCUT2D eigenvalue weighted by Gasteiger charge is 2.22. The highest BCUT2D eigenvalue weighted by Crippen LogP contribution is 2.23. The first-order valence-corrected chi connectivity index (χ1v) is 9.64. The summed E-state index contributed by atoms with van der Waals surface area (Å²) in [7, 11) is -3.36. The molecule has 1 aliphatic carbocycles. The lowest BCUT2D eigenvalue weighted by Gasteiger charge is -2.24. The minimum absolute atomic E-state index is 0.0567. The van der Waals surface area contributed by atoms with Gasteiger partial charge in [-0.2, -0.15) is 0 Å². The summed E-state index contributed by atoms with van der Waals surface area (Å²) >= 11 is 0. The Balaban J connectivity index is 1.91. The lowest BCUT2D eigenvalue weighted by molar-refractivity contribution is -0.125. The molecule has 0 bridgehead atoms. The third kappa shape index (κ3) is 4.73. The predicted octanol–water partition coefficient (Wildman–Crippen LogP) is 2.15. The van der Waals surface area contributed by atoms with E-state index in [1.165, 1.54) is 17.0 Å². The van der Waals surface area contributed by atoms with Gasteiger partial charge in [-0.15, -0.1) is 0 Å². The number of benzene rings is 1. The largest absolute Gasteiger partial charge is 0.354 e. The summed E-state index contributed by atoms with van der Waals surface area (Å²) in [5, 5.41) is 2.88. The Morgan fingerprint density at radius 2 is 1.82 bits per heavy atom. The van der Waals surface area contributed by atoms with E-state index in [0.29, 0.717) is 12.2 Å². The second-order valence-corrected chi connectivity index (χ2v) is 7.70. The van der Waals surface area contributed by atoms with Gasteiger partial charge in [0.25, 0.3) is 0 Å². The first-order chi connectivity index (χ1) is 10.5. The van der Waals surface area contributed by atoms with Gasteiger partial charge < -0.3 is 5.32 Å². The van der Waals surface area contributed by atoms with Gasteiger partial charge in [-0.3, -0.25) is 9.10 Å². The minimum atomic E-state index is -3.36. The Kier molecular flexibility index (Phi) is 5.83. The number of nitrogens with one attached hydrogen (secondary N) is 1.